The predicted molar refractivity (Wildman–Crippen MR) is 92.8 cm³/mol. The molecule has 6 heteroatoms. The first-order valence-corrected chi connectivity index (χ1v) is 7.95. The average Bonchev–Trinajstić information content (AvgIpc) is 2.59. The van der Waals surface area contributed by atoms with E-state index in [2.05, 4.69) is 17.4 Å². The van der Waals surface area contributed by atoms with E-state index in [0.29, 0.717) is 19.7 Å². The van der Waals surface area contributed by atoms with Gasteiger partial charge in [0.2, 0.25) is 0 Å². The highest BCUT2D eigenvalue weighted by Gasteiger charge is 2.26. The van der Waals surface area contributed by atoms with Gasteiger partial charge in [0, 0.05) is 39.9 Å². The van der Waals surface area contributed by atoms with Crippen molar-refractivity contribution in [3.8, 4) is 0 Å². The molecule has 1 amide bonds. The number of nitrogens with zero attached hydrogens (tertiary/aromatic N) is 1. The SMILES string of the molecule is COCCCCN(Cc1ccccc1)C(=O)C1CNCCO1.Cl. The molecule has 0 saturated carbocycles. The molecule has 1 N–H and O–H groups in total. The number of amides is 1. The standard InChI is InChI=1S/C17H26N2O3.ClH/c1-21-11-6-5-10-19(14-15-7-3-2-4-8-15)17(20)16-13-18-9-12-22-16;/h2-4,7-8,16,18H,5-6,9-14H2,1H3;1H. The third-order valence-corrected chi connectivity index (χ3v) is 3.76. The van der Waals surface area contributed by atoms with Gasteiger partial charge in [-0.15, -0.1) is 12.4 Å². The lowest BCUT2D eigenvalue weighted by atomic mass is 10.1. The highest BCUT2D eigenvalue weighted by atomic mass is 35.5. The topological polar surface area (TPSA) is 50.8 Å². The van der Waals surface area contributed by atoms with Crippen LogP contribution < -0.4 is 5.32 Å². The molecule has 1 unspecified atom stereocenters. The van der Waals surface area contributed by atoms with E-state index >= 15 is 0 Å². The van der Waals surface area contributed by atoms with Crippen molar-refractivity contribution in [1.82, 2.24) is 10.2 Å². The van der Waals surface area contributed by atoms with E-state index in [4.69, 9.17) is 9.47 Å². The Morgan fingerprint density at radius 3 is 2.78 bits per heavy atom. The summed E-state index contributed by atoms with van der Waals surface area (Å²) in [6.45, 7) is 4.11. The lowest BCUT2D eigenvalue weighted by Gasteiger charge is -2.30. The van der Waals surface area contributed by atoms with Gasteiger partial charge in [-0.25, -0.2) is 0 Å². The molecule has 2 rings (SSSR count). The molecule has 1 atom stereocenters. The van der Waals surface area contributed by atoms with Crippen molar-refractivity contribution in [3.63, 3.8) is 0 Å². The lowest BCUT2D eigenvalue weighted by molar-refractivity contribution is -0.146. The molecule has 130 valence electrons. The van der Waals surface area contributed by atoms with Crippen LogP contribution in [-0.4, -0.2) is 56.9 Å². The first kappa shape index (κ1) is 19.9. The first-order chi connectivity index (χ1) is 10.8. The molecule has 1 saturated heterocycles. The molecule has 0 aromatic heterocycles. The van der Waals surface area contributed by atoms with Gasteiger partial charge in [-0.3, -0.25) is 4.79 Å². The average molecular weight is 343 g/mol. The molecule has 1 aliphatic rings. The van der Waals surface area contributed by atoms with Crippen LogP contribution >= 0.6 is 12.4 Å². The molecule has 0 spiro atoms. The minimum Gasteiger partial charge on any atom is -0.385 e. The Kier molecular flexibility index (Phi) is 9.87. The molecular weight excluding hydrogens is 316 g/mol. The third-order valence-electron chi connectivity index (χ3n) is 3.76. The Hall–Kier alpha value is -1.14. The summed E-state index contributed by atoms with van der Waals surface area (Å²) in [4.78, 5) is 14.6. The molecule has 0 bridgehead atoms. The predicted octanol–water partition coefficient (Wildman–Crippen LogP) is 1.85. The van der Waals surface area contributed by atoms with E-state index in [9.17, 15) is 4.79 Å². The number of carbonyl (C=O) groups excluding carboxylic acids is 1. The van der Waals surface area contributed by atoms with Gasteiger partial charge in [-0.1, -0.05) is 30.3 Å². The van der Waals surface area contributed by atoms with Gasteiger partial charge in [-0.05, 0) is 18.4 Å². The van der Waals surface area contributed by atoms with Crippen LogP contribution in [-0.2, 0) is 20.8 Å². The Bertz CT molecular complexity index is 439. The van der Waals surface area contributed by atoms with Crippen molar-refractivity contribution in [2.75, 3.05) is 40.0 Å². The van der Waals surface area contributed by atoms with Crippen LogP contribution in [0.3, 0.4) is 0 Å². The zero-order valence-electron chi connectivity index (χ0n) is 13.7. The number of benzene rings is 1. The van der Waals surface area contributed by atoms with Gasteiger partial charge >= 0.3 is 0 Å². The Balaban J connectivity index is 0.00000264. The lowest BCUT2D eigenvalue weighted by Crippen LogP contribution is -2.49. The summed E-state index contributed by atoms with van der Waals surface area (Å²) < 4.78 is 10.7. The molecule has 1 aromatic carbocycles. The van der Waals surface area contributed by atoms with Crippen LogP contribution in [0.15, 0.2) is 30.3 Å². The summed E-state index contributed by atoms with van der Waals surface area (Å²) in [6.07, 6.45) is 1.53. The van der Waals surface area contributed by atoms with Crippen molar-refractivity contribution in [3.05, 3.63) is 35.9 Å². The first-order valence-electron chi connectivity index (χ1n) is 7.95. The summed E-state index contributed by atoms with van der Waals surface area (Å²) >= 11 is 0. The maximum absolute atomic E-state index is 12.7. The fourth-order valence-electron chi connectivity index (χ4n) is 2.55. The van der Waals surface area contributed by atoms with Crippen LogP contribution in [0.2, 0.25) is 0 Å². The number of halogens is 1. The molecule has 5 nitrogen and oxygen atoms in total. The molecule has 23 heavy (non-hydrogen) atoms. The van der Waals surface area contributed by atoms with E-state index in [-0.39, 0.29) is 24.4 Å². The zero-order valence-corrected chi connectivity index (χ0v) is 14.5. The summed E-state index contributed by atoms with van der Waals surface area (Å²) in [7, 11) is 1.70. The smallest absolute Gasteiger partial charge is 0.253 e. The molecule has 1 fully saturated rings. The second-order valence-electron chi connectivity index (χ2n) is 5.51. The number of carbonyl (C=O) groups is 1. The molecule has 0 aliphatic carbocycles. The number of ether oxygens (including phenoxy) is 2. The third kappa shape index (κ3) is 6.87. The van der Waals surface area contributed by atoms with Gasteiger partial charge in [0.25, 0.3) is 5.91 Å². The minimum atomic E-state index is -0.361. The fourth-order valence-corrected chi connectivity index (χ4v) is 2.55. The van der Waals surface area contributed by atoms with E-state index in [1.807, 2.05) is 23.1 Å². The van der Waals surface area contributed by atoms with Crippen molar-refractivity contribution < 1.29 is 14.3 Å². The summed E-state index contributed by atoms with van der Waals surface area (Å²) in [5, 5.41) is 3.22. The van der Waals surface area contributed by atoms with Gasteiger partial charge in [0.1, 0.15) is 6.10 Å². The fraction of sp³-hybridized carbons (Fsp3) is 0.588. The maximum Gasteiger partial charge on any atom is 0.253 e. The molecule has 1 aromatic rings. The monoisotopic (exact) mass is 342 g/mol. The van der Waals surface area contributed by atoms with Crippen molar-refractivity contribution in [1.29, 1.82) is 0 Å². The van der Waals surface area contributed by atoms with Gasteiger partial charge in [0.05, 0.1) is 6.61 Å². The number of hydrogen-bond acceptors (Lipinski definition) is 4. The number of hydrogen-bond donors (Lipinski definition) is 1. The van der Waals surface area contributed by atoms with Crippen molar-refractivity contribution in [2.45, 2.75) is 25.5 Å². The minimum absolute atomic E-state index is 0. The number of nitrogens with one attached hydrogen (secondary N) is 1. The number of unbranched alkanes of at least 4 members (excludes halogenated alkanes) is 1. The highest BCUT2D eigenvalue weighted by Crippen LogP contribution is 2.10. The molecular formula is C17H27ClN2O3. The van der Waals surface area contributed by atoms with Gasteiger partial charge < -0.3 is 19.7 Å². The second kappa shape index (κ2) is 11.4. The largest absolute Gasteiger partial charge is 0.385 e. The molecule has 1 aliphatic heterocycles. The van der Waals surface area contributed by atoms with Gasteiger partial charge in [-0.2, -0.15) is 0 Å². The number of methoxy groups -OCH3 is 1. The van der Waals surface area contributed by atoms with E-state index in [1.165, 1.54) is 0 Å². The maximum atomic E-state index is 12.7. The van der Waals surface area contributed by atoms with Gasteiger partial charge in [0.15, 0.2) is 0 Å². The summed E-state index contributed by atoms with van der Waals surface area (Å²) in [6, 6.07) is 10.1. The molecule has 0 radical (unpaired) electrons. The Morgan fingerprint density at radius 2 is 2.13 bits per heavy atom. The van der Waals surface area contributed by atoms with Crippen molar-refractivity contribution in [2.24, 2.45) is 0 Å². The summed E-state index contributed by atoms with van der Waals surface area (Å²) in [5.74, 6) is 0.0773. The Morgan fingerprint density at radius 1 is 1.35 bits per heavy atom. The normalized spacial score (nSPS) is 17.3. The van der Waals surface area contributed by atoms with E-state index in [1.54, 1.807) is 7.11 Å². The molecule has 1 heterocycles. The Labute approximate surface area is 144 Å². The zero-order chi connectivity index (χ0) is 15.6. The highest BCUT2D eigenvalue weighted by molar-refractivity contribution is 5.85. The second-order valence-corrected chi connectivity index (χ2v) is 5.51. The summed E-state index contributed by atoms with van der Waals surface area (Å²) in [5.41, 5.74) is 1.14. The van der Waals surface area contributed by atoms with Crippen LogP contribution in [0.1, 0.15) is 18.4 Å². The quantitative estimate of drug-likeness (QED) is 0.733. The van der Waals surface area contributed by atoms with Crippen LogP contribution in [0.4, 0.5) is 0 Å². The van der Waals surface area contributed by atoms with Crippen molar-refractivity contribution >= 4 is 18.3 Å². The van der Waals surface area contributed by atoms with E-state index in [0.717, 1.165) is 38.1 Å². The van der Waals surface area contributed by atoms with Crippen LogP contribution in [0.5, 0.6) is 0 Å². The number of morpholine rings is 1. The van der Waals surface area contributed by atoms with Crippen LogP contribution in [0, 0.1) is 0 Å². The van der Waals surface area contributed by atoms with E-state index < -0.39 is 0 Å². The van der Waals surface area contributed by atoms with Crippen LogP contribution in [0.25, 0.3) is 0 Å². The number of rotatable bonds is 8.